The van der Waals surface area contributed by atoms with Crippen molar-refractivity contribution >= 4 is 17.7 Å². The van der Waals surface area contributed by atoms with E-state index in [1.807, 2.05) is 42.5 Å². The standard InChI is InChI=1S/C22H17N3O2/c23-15-18(14-17-8-2-1-3-9-17)22(27)25(16-19-10-6-7-13-24-19)20-11-4-5-12-21(20)26/h1-14,26H,16H2/b18-14+. The fourth-order valence-electron chi connectivity index (χ4n) is 2.62. The van der Waals surface area contributed by atoms with E-state index in [0.29, 0.717) is 11.4 Å². The molecule has 3 aromatic rings. The molecular weight excluding hydrogens is 338 g/mol. The quantitative estimate of drug-likeness (QED) is 0.556. The number of pyridine rings is 1. The lowest BCUT2D eigenvalue weighted by atomic mass is 10.1. The summed E-state index contributed by atoms with van der Waals surface area (Å²) >= 11 is 0. The number of aromatic nitrogens is 1. The molecule has 0 bridgehead atoms. The molecule has 0 saturated heterocycles. The van der Waals surface area contributed by atoms with Crippen molar-refractivity contribution in [2.45, 2.75) is 6.54 Å². The average Bonchev–Trinajstić information content (AvgIpc) is 2.72. The molecular formula is C22H17N3O2. The van der Waals surface area contributed by atoms with Gasteiger partial charge < -0.3 is 5.11 Å². The van der Waals surface area contributed by atoms with Crippen molar-refractivity contribution in [1.29, 1.82) is 5.26 Å². The zero-order valence-corrected chi connectivity index (χ0v) is 14.5. The number of phenolic OH excluding ortho intramolecular Hbond substituents is 1. The maximum atomic E-state index is 13.1. The molecule has 0 unspecified atom stereocenters. The predicted molar refractivity (Wildman–Crippen MR) is 104 cm³/mol. The van der Waals surface area contributed by atoms with E-state index in [4.69, 9.17) is 0 Å². The summed E-state index contributed by atoms with van der Waals surface area (Å²) in [5.41, 5.74) is 1.69. The molecule has 0 spiro atoms. The van der Waals surface area contributed by atoms with Crippen LogP contribution in [-0.4, -0.2) is 16.0 Å². The predicted octanol–water partition coefficient (Wildman–Crippen LogP) is 3.93. The Kier molecular flexibility index (Phi) is 5.60. The van der Waals surface area contributed by atoms with Crippen LogP contribution in [0, 0.1) is 11.3 Å². The summed E-state index contributed by atoms with van der Waals surface area (Å²) in [7, 11) is 0. The Hall–Kier alpha value is -3.91. The molecule has 1 amide bonds. The third-order valence-electron chi connectivity index (χ3n) is 3.93. The lowest BCUT2D eigenvalue weighted by Crippen LogP contribution is -2.31. The molecule has 1 aromatic heterocycles. The number of anilines is 1. The van der Waals surface area contributed by atoms with E-state index in [1.165, 1.54) is 17.0 Å². The molecule has 0 saturated carbocycles. The second kappa shape index (κ2) is 8.45. The first kappa shape index (κ1) is 17.9. The lowest BCUT2D eigenvalue weighted by molar-refractivity contribution is -0.114. The van der Waals surface area contributed by atoms with E-state index in [-0.39, 0.29) is 17.9 Å². The van der Waals surface area contributed by atoms with Crippen LogP contribution in [0.3, 0.4) is 0 Å². The van der Waals surface area contributed by atoms with Gasteiger partial charge in [-0.25, -0.2) is 0 Å². The van der Waals surface area contributed by atoms with Crippen LogP contribution in [0.2, 0.25) is 0 Å². The van der Waals surface area contributed by atoms with Crippen molar-refractivity contribution in [3.63, 3.8) is 0 Å². The van der Waals surface area contributed by atoms with Gasteiger partial charge in [0.1, 0.15) is 17.4 Å². The topological polar surface area (TPSA) is 77.2 Å². The molecule has 0 atom stereocenters. The van der Waals surface area contributed by atoms with Crippen LogP contribution >= 0.6 is 0 Å². The van der Waals surface area contributed by atoms with E-state index in [1.54, 1.807) is 36.5 Å². The van der Waals surface area contributed by atoms with Crippen molar-refractivity contribution < 1.29 is 9.90 Å². The van der Waals surface area contributed by atoms with Crippen molar-refractivity contribution in [3.05, 3.63) is 95.8 Å². The largest absolute Gasteiger partial charge is 0.506 e. The van der Waals surface area contributed by atoms with Gasteiger partial charge in [-0.3, -0.25) is 14.7 Å². The Morgan fingerprint density at radius 2 is 1.74 bits per heavy atom. The third-order valence-corrected chi connectivity index (χ3v) is 3.93. The number of para-hydroxylation sites is 2. The van der Waals surface area contributed by atoms with Crippen molar-refractivity contribution in [3.8, 4) is 11.8 Å². The molecule has 0 aliphatic heterocycles. The summed E-state index contributed by atoms with van der Waals surface area (Å²) in [6.45, 7) is 0.130. The van der Waals surface area contributed by atoms with E-state index < -0.39 is 5.91 Å². The Morgan fingerprint density at radius 1 is 1.04 bits per heavy atom. The highest BCUT2D eigenvalue weighted by Crippen LogP contribution is 2.29. The molecule has 0 fully saturated rings. The van der Waals surface area contributed by atoms with Crippen LogP contribution in [0.15, 0.2) is 84.6 Å². The van der Waals surface area contributed by atoms with Gasteiger partial charge in [0.2, 0.25) is 0 Å². The zero-order chi connectivity index (χ0) is 19.1. The van der Waals surface area contributed by atoms with Crippen molar-refractivity contribution in [2.24, 2.45) is 0 Å². The van der Waals surface area contributed by atoms with E-state index in [0.717, 1.165) is 5.56 Å². The molecule has 1 heterocycles. The maximum absolute atomic E-state index is 13.1. The fourth-order valence-corrected chi connectivity index (χ4v) is 2.62. The van der Waals surface area contributed by atoms with Gasteiger partial charge in [0.15, 0.2) is 0 Å². The summed E-state index contributed by atoms with van der Waals surface area (Å²) in [4.78, 5) is 18.7. The SMILES string of the molecule is N#C/C(=C\c1ccccc1)C(=O)N(Cc1ccccn1)c1ccccc1O. The van der Waals surface area contributed by atoms with Crippen LogP contribution in [0.5, 0.6) is 5.75 Å². The molecule has 0 radical (unpaired) electrons. The second-order valence-corrected chi connectivity index (χ2v) is 5.78. The van der Waals surface area contributed by atoms with E-state index in [9.17, 15) is 15.2 Å². The minimum absolute atomic E-state index is 0.0274. The summed E-state index contributed by atoms with van der Waals surface area (Å²) in [5.74, 6) is -0.549. The monoisotopic (exact) mass is 355 g/mol. The van der Waals surface area contributed by atoms with Crippen LogP contribution in [-0.2, 0) is 11.3 Å². The second-order valence-electron chi connectivity index (χ2n) is 5.78. The van der Waals surface area contributed by atoms with Gasteiger partial charge in [-0.2, -0.15) is 5.26 Å². The van der Waals surface area contributed by atoms with Gasteiger partial charge in [-0.05, 0) is 35.9 Å². The van der Waals surface area contributed by atoms with Crippen LogP contribution in [0.25, 0.3) is 6.08 Å². The zero-order valence-electron chi connectivity index (χ0n) is 14.5. The first-order valence-electron chi connectivity index (χ1n) is 8.35. The van der Waals surface area contributed by atoms with Crippen LogP contribution in [0.4, 0.5) is 5.69 Å². The number of rotatable bonds is 5. The average molecular weight is 355 g/mol. The number of carbonyl (C=O) groups is 1. The number of nitrogens with zero attached hydrogens (tertiary/aromatic N) is 3. The van der Waals surface area contributed by atoms with Gasteiger partial charge in [0, 0.05) is 6.20 Å². The van der Waals surface area contributed by atoms with Gasteiger partial charge in [0.05, 0.1) is 17.9 Å². The Bertz CT molecular complexity index is 993. The maximum Gasteiger partial charge on any atom is 0.269 e. The number of benzene rings is 2. The first-order chi connectivity index (χ1) is 13.2. The molecule has 27 heavy (non-hydrogen) atoms. The molecule has 1 N–H and O–H groups in total. The Labute approximate surface area is 157 Å². The van der Waals surface area contributed by atoms with Gasteiger partial charge in [0.25, 0.3) is 5.91 Å². The smallest absolute Gasteiger partial charge is 0.269 e. The molecule has 0 aliphatic carbocycles. The molecule has 0 aliphatic rings. The molecule has 5 nitrogen and oxygen atoms in total. The number of hydrogen-bond acceptors (Lipinski definition) is 4. The van der Waals surface area contributed by atoms with Crippen molar-refractivity contribution in [2.75, 3.05) is 4.90 Å². The molecule has 3 rings (SSSR count). The van der Waals surface area contributed by atoms with E-state index >= 15 is 0 Å². The van der Waals surface area contributed by atoms with Crippen LogP contribution in [0.1, 0.15) is 11.3 Å². The molecule has 2 aromatic carbocycles. The summed E-state index contributed by atoms with van der Waals surface area (Å²) in [6.07, 6.45) is 3.17. The Balaban J connectivity index is 2.01. The summed E-state index contributed by atoms with van der Waals surface area (Å²) < 4.78 is 0. The number of aromatic hydroxyl groups is 1. The van der Waals surface area contributed by atoms with E-state index in [2.05, 4.69) is 4.98 Å². The minimum atomic E-state index is -0.506. The van der Waals surface area contributed by atoms with Crippen LogP contribution < -0.4 is 4.90 Å². The highest BCUT2D eigenvalue weighted by Gasteiger charge is 2.23. The highest BCUT2D eigenvalue weighted by molar-refractivity contribution is 6.11. The summed E-state index contributed by atoms with van der Waals surface area (Å²) in [6, 6.07) is 23.0. The van der Waals surface area contributed by atoms with Gasteiger partial charge in [-0.1, -0.05) is 48.5 Å². The van der Waals surface area contributed by atoms with Crippen molar-refractivity contribution in [1.82, 2.24) is 4.98 Å². The molecule has 132 valence electrons. The number of amides is 1. The summed E-state index contributed by atoms with van der Waals surface area (Å²) in [5, 5.41) is 19.8. The van der Waals surface area contributed by atoms with Gasteiger partial charge in [-0.15, -0.1) is 0 Å². The normalized spacial score (nSPS) is 10.9. The fraction of sp³-hybridized carbons (Fsp3) is 0.0455. The molecule has 5 heteroatoms. The van der Waals surface area contributed by atoms with Gasteiger partial charge >= 0.3 is 0 Å². The Morgan fingerprint density at radius 3 is 2.41 bits per heavy atom. The first-order valence-corrected chi connectivity index (χ1v) is 8.35. The number of carbonyl (C=O) groups excluding carboxylic acids is 1. The number of nitriles is 1. The third kappa shape index (κ3) is 4.39. The lowest BCUT2D eigenvalue weighted by Gasteiger charge is -2.23. The highest BCUT2D eigenvalue weighted by atomic mass is 16.3. The number of phenols is 1. The number of hydrogen-bond donors (Lipinski definition) is 1. The minimum Gasteiger partial charge on any atom is -0.506 e.